The number of aryl methyl sites for hydroxylation is 2. The third kappa shape index (κ3) is 4.03. The summed E-state index contributed by atoms with van der Waals surface area (Å²) in [4.78, 5) is 19.9. The number of piperidine rings is 1. The Morgan fingerprint density at radius 1 is 1.16 bits per heavy atom. The van der Waals surface area contributed by atoms with Crippen LogP contribution in [0.15, 0.2) is 42.7 Å². The Labute approximate surface area is 183 Å². The van der Waals surface area contributed by atoms with Gasteiger partial charge in [-0.1, -0.05) is 37.3 Å². The lowest BCUT2D eigenvalue weighted by Gasteiger charge is -2.32. The summed E-state index contributed by atoms with van der Waals surface area (Å²) in [5.74, 6) is 1.63. The number of benzene rings is 1. The van der Waals surface area contributed by atoms with Crippen LogP contribution in [0.2, 0.25) is 0 Å². The molecule has 6 heteroatoms. The van der Waals surface area contributed by atoms with Crippen LogP contribution in [0.1, 0.15) is 55.3 Å². The Bertz CT molecular complexity index is 1050. The van der Waals surface area contributed by atoms with Gasteiger partial charge in [-0.3, -0.25) is 4.79 Å². The maximum Gasteiger partial charge on any atom is 0.223 e. The fourth-order valence-corrected chi connectivity index (χ4v) is 5.03. The number of fused-ring (bicyclic) bond motifs is 3. The van der Waals surface area contributed by atoms with E-state index in [-0.39, 0.29) is 11.8 Å². The summed E-state index contributed by atoms with van der Waals surface area (Å²) < 4.78 is 2.02. The molecule has 31 heavy (non-hydrogen) atoms. The standard InChI is InChI=1S/C25H31N5O/c1-18(19-7-3-2-4-8-19)17-27-25(31)20-11-14-29(15-12-20)24-23-21-9-5-6-10-22(21)28-30(23)16-13-26-24/h2-4,7-8,13,16,18,20H,5-6,9-12,14-15,17H2,1H3,(H,27,31). The second kappa shape index (κ2) is 8.69. The Morgan fingerprint density at radius 2 is 1.94 bits per heavy atom. The number of nitrogens with zero attached hydrogens (tertiary/aromatic N) is 4. The maximum absolute atomic E-state index is 12.8. The average Bonchev–Trinajstić information content (AvgIpc) is 3.22. The largest absolute Gasteiger partial charge is 0.355 e. The zero-order valence-electron chi connectivity index (χ0n) is 18.3. The highest BCUT2D eigenvalue weighted by molar-refractivity contribution is 5.79. The first kappa shape index (κ1) is 20.0. The summed E-state index contributed by atoms with van der Waals surface area (Å²) in [5.41, 5.74) is 5.06. The van der Waals surface area contributed by atoms with Gasteiger partial charge in [0, 0.05) is 43.5 Å². The van der Waals surface area contributed by atoms with E-state index in [1.54, 1.807) is 0 Å². The molecule has 0 bridgehead atoms. The van der Waals surface area contributed by atoms with E-state index in [9.17, 15) is 4.79 Å². The minimum absolute atomic E-state index is 0.0813. The number of hydrogen-bond acceptors (Lipinski definition) is 4. The minimum Gasteiger partial charge on any atom is -0.355 e. The van der Waals surface area contributed by atoms with Crippen LogP contribution in [0.4, 0.5) is 5.82 Å². The fourth-order valence-electron chi connectivity index (χ4n) is 5.03. The number of nitrogens with one attached hydrogen (secondary N) is 1. The summed E-state index contributed by atoms with van der Waals surface area (Å²) in [6.45, 7) is 4.57. The van der Waals surface area contributed by atoms with Crippen molar-refractivity contribution >= 4 is 17.2 Å². The lowest BCUT2D eigenvalue weighted by molar-refractivity contribution is -0.125. The molecular formula is C25H31N5O. The number of carbonyl (C=O) groups is 1. The van der Waals surface area contributed by atoms with Gasteiger partial charge in [-0.15, -0.1) is 0 Å². The fraction of sp³-hybridized carbons (Fsp3) is 0.480. The lowest BCUT2D eigenvalue weighted by Crippen LogP contribution is -2.41. The highest BCUT2D eigenvalue weighted by atomic mass is 16.1. The van der Waals surface area contributed by atoms with Crippen LogP contribution in [0.5, 0.6) is 0 Å². The number of rotatable bonds is 5. The molecule has 3 heterocycles. The van der Waals surface area contributed by atoms with Crippen molar-refractivity contribution in [2.24, 2.45) is 5.92 Å². The van der Waals surface area contributed by atoms with E-state index < -0.39 is 0 Å². The minimum atomic E-state index is 0.0813. The second-order valence-corrected chi connectivity index (χ2v) is 8.99. The van der Waals surface area contributed by atoms with Gasteiger partial charge in [0.15, 0.2) is 5.82 Å². The molecule has 162 valence electrons. The van der Waals surface area contributed by atoms with Gasteiger partial charge >= 0.3 is 0 Å². The smallest absolute Gasteiger partial charge is 0.223 e. The molecule has 1 atom stereocenters. The lowest BCUT2D eigenvalue weighted by atomic mass is 9.94. The highest BCUT2D eigenvalue weighted by Crippen LogP contribution is 2.32. The van der Waals surface area contributed by atoms with Gasteiger partial charge in [0.05, 0.1) is 5.69 Å². The first-order chi connectivity index (χ1) is 15.2. The van der Waals surface area contributed by atoms with E-state index in [1.165, 1.54) is 35.2 Å². The molecule has 0 spiro atoms. The number of carbonyl (C=O) groups excluding carboxylic acids is 1. The normalized spacial score (nSPS) is 18.0. The monoisotopic (exact) mass is 417 g/mol. The van der Waals surface area contributed by atoms with Gasteiger partial charge in [0.2, 0.25) is 5.91 Å². The van der Waals surface area contributed by atoms with Crippen LogP contribution >= 0.6 is 0 Å². The molecule has 1 amide bonds. The van der Waals surface area contributed by atoms with Crippen molar-refractivity contribution in [1.29, 1.82) is 0 Å². The summed E-state index contributed by atoms with van der Waals surface area (Å²) in [6, 6.07) is 10.4. The zero-order chi connectivity index (χ0) is 21.2. The predicted octanol–water partition coefficient (Wildman–Crippen LogP) is 3.74. The molecule has 1 fully saturated rings. The highest BCUT2D eigenvalue weighted by Gasteiger charge is 2.28. The third-order valence-corrected chi connectivity index (χ3v) is 6.91. The number of aromatic nitrogens is 3. The molecule has 1 unspecified atom stereocenters. The van der Waals surface area contributed by atoms with Gasteiger partial charge in [-0.05, 0) is 50.0 Å². The molecule has 1 N–H and O–H groups in total. The Balaban J connectivity index is 1.22. The molecule has 0 saturated carbocycles. The molecule has 3 aromatic rings. The zero-order valence-corrected chi connectivity index (χ0v) is 18.3. The van der Waals surface area contributed by atoms with Crippen molar-refractivity contribution in [2.75, 3.05) is 24.5 Å². The van der Waals surface area contributed by atoms with Crippen LogP contribution in [-0.2, 0) is 17.6 Å². The SMILES string of the molecule is CC(CNC(=O)C1CCN(c2nccn3nc4c(c23)CCCC4)CC1)c1ccccc1. The van der Waals surface area contributed by atoms with Crippen LogP contribution in [0, 0.1) is 5.92 Å². The van der Waals surface area contributed by atoms with Gasteiger partial charge < -0.3 is 10.2 Å². The van der Waals surface area contributed by atoms with Crippen molar-refractivity contribution in [3.8, 4) is 0 Å². The first-order valence-corrected chi connectivity index (χ1v) is 11.6. The summed E-state index contributed by atoms with van der Waals surface area (Å²) >= 11 is 0. The predicted molar refractivity (Wildman–Crippen MR) is 122 cm³/mol. The Kier molecular flexibility index (Phi) is 5.62. The van der Waals surface area contributed by atoms with Crippen molar-refractivity contribution in [3.63, 3.8) is 0 Å². The molecular weight excluding hydrogens is 386 g/mol. The molecule has 0 radical (unpaired) electrons. The van der Waals surface area contributed by atoms with Crippen LogP contribution in [0.25, 0.3) is 5.52 Å². The molecule has 1 saturated heterocycles. The Hall–Kier alpha value is -2.89. The average molecular weight is 418 g/mol. The number of anilines is 1. The van der Waals surface area contributed by atoms with E-state index in [4.69, 9.17) is 10.1 Å². The van der Waals surface area contributed by atoms with Crippen LogP contribution in [-0.4, -0.2) is 40.1 Å². The van der Waals surface area contributed by atoms with Gasteiger partial charge in [-0.25, -0.2) is 9.50 Å². The van der Waals surface area contributed by atoms with E-state index in [2.05, 4.69) is 41.4 Å². The van der Waals surface area contributed by atoms with E-state index >= 15 is 0 Å². The van der Waals surface area contributed by atoms with Crippen molar-refractivity contribution in [3.05, 3.63) is 59.5 Å². The van der Waals surface area contributed by atoms with Gasteiger partial charge in [-0.2, -0.15) is 5.10 Å². The molecule has 1 aliphatic carbocycles. The molecule has 5 rings (SSSR count). The first-order valence-electron chi connectivity index (χ1n) is 11.6. The van der Waals surface area contributed by atoms with E-state index in [1.807, 2.05) is 23.0 Å². The number of hydrogen-bond donors (Lipinski definition) is 1. The second-order valence-electron chi connectivity index (χ2n) is 8.99. The molecule has 1 aliphatic heterocycles. The van der Waals surface area contributed by atoms with E-state index in [0.717, 1.165) is 44.6 Å². The molecule has 2 aromatic heterocycles. The number of amides is 1. The van der Waals surface area contributed by atoms with Crippen molar-refractivity contribution < 1.29 is 4.79 Å². The quantitative estimate of drug-likeness (QED) is 0.687. The van der Waals surface area contributed by atoms with Crippen molar-refractivity contribution in [2.45, 2.75) is 51.4 Å². The van der Waals surface area contributed by atoms with Gasteiger partial charge in [0.25, 0.3) is 0 Å². The molecule has 6 nitrogen and oxygen atoms in total. The van der Waals surface area contributed by atoms with Gasteiger partial charge in [0.1, 0.15) is 5.52 Å². The van der Waals surface area contributed by atoms with Crippen molar-refractivity contribution in [1.82, 2.24) is 19.9 Å². The maximum atomic E-state index is 12.8. The summed E-state index contributed by atoms with van der Waals surface area (Å²) in [7, 11) is 0. The molecule has 2 aliphatic rings. The van der Waals surface area contributed by atoms with Crippen LogP contribution in [0.3, 0.4) is 0 Å². The summed E-state index contributed by atoms with van der Waals surface area (Å²) in [5, 5.41) is 7.99. The third-order valence-electron chi connectivity index (χ3n) is 6.91. The van der Waals surface area contributed by atoms with Crippen LogP contribution < -0.4 is 10.2 Å². The van der Waals surface area contributed by atoms with E-state index in [0.29, 0.717) is 12.5 Å². The Morgan fingerprint density at radius 3 is 2.74 bits per heavy atom. The topological polar surface area (TPSA) is 62.5 Å². The summed E-state index contributed by atoms with van der Waals surface area (Å²) in [6.07, 6.45) is 10.2. The molecule has 1 aromatic carbocycles.